The number of hydrogen-bond donors (Lipinski definition) is 0. The highest BCUT2D eigenvalue weighted by atomic mass is 32.2. The van der Waals surface area contributed by atoms with Crippen molar-refractivity contribution in [3.05, 3.63) is 54.1 Å². The van der Waals surface area contributed by atoms with Gasteiger partial charge >= 0.3 is 0 Å². The monoisotopic (exact) mass is 450 g/mol. The summed E-state index contributed by atoms with van der Waals surface area (Å²) in [4.78, 5) is 19.1. The Balaban J connectivity index is 1.80. The SMILES string of the molecule is CCCCSc1nnc2c(n1)OC(c1ccc(OCC)cc1)N(C(C)=O)c1ccccc1-2. The Hall–Kier alpha value is -3.13. The van der Waals surface area contributed by atoms with Crippen LogP contribution in [0, 0.1) is 0 Å². The minimum Gasteiger partial charge on any atom is -0.494 e. The van der Waals surface area contributed by atoms with E-state index in [1.54, 1.807) is 16.7 Å². The highest BCUT2D eigenvalue weighted by molar-refractivity contribution is 7.99. The first kappa shape index (κ1) is 22.1. The summed E-state index contributed by atoms with van der Waals surface area (Å²) in [5.74, 6) is 1.90. The summed E-state index contributed by atoms with van der Waals surface area (Å²) in [6.07, 6.45) is 1.47. The van der Waals surface area contributed by atoms with Crippen LogP contribution in [0.4, 0.5) is 5.69 Å². The first-order valence-electron chi connectivity index (χ1n) is 10.8. The number of thioether (sulfide) groups is 1. The predicted molar refractivity (Wildman–Crippen MR) is 125 cm³/mol. The van der Waals surface area contributed by atoms with E-state index in [1.807, 2.05) is 55.5 Å². The molecule has 0 bridgehead atoms. The number of unbranched alkanes of at least 4 members (excludes halogenated alkanes) is 1. The van der Waals surface area contributed by atoms with Crippen LogP contribution in [0.2, 0.25) is 0 Å². The summed E-state index contributed by atoms with van der Waals surface area (Å²) in [6.45, 7) is 6.20. The van der Waals surface area contributed by atoms with Crippen LogP contribution in [-0.4, -0.2) is 33.4 Å². The Kier molecular flexibility index (Phi) is 6.90. The summed E-state index contributed by atoms with van der Waals surface area (Å²) in [6, 6.07) is 15.2. The molecular weight excluding hydrogens is 424 g/mol. The predicted octanol–water partition coefficient (Wildman–Crippen LogP) is 5.27. The van der Waals surface area contributed by atoms with E-state index in [0.29, 0.717) is 29.0 Å². The van der Waals surface area contributed by atoms with Gasteiger partial charge in [0, 0.05) is 23.8 Å². The van der Waals surface area contributed by atoms with Crippen LogP contribution in [-0.2, 0) is 4.79 Å². The molecule has 0 saturated heterocycles. The molecule has 32 heavy (non-hydrogen) atoms. The lowest BCUT2D eigenvalue weighted by molar-refractivity contribution is -0.118. The maximum absolute atomic E-state index is 12.8. The summed E-state index contributed by atoms with van der Waals surface area (Å²) < 4.78 is 12.0. The molecule has 8 heteroatoms. The van der Waals surface area contributed by atoms with Crippen LogP contribution in [0.3, 0.4) is 0 Å². The molecular formula is C24H26N4O3S. The zero-order valence-electron chi connectivity index (χ0n) is 18.4. The van der Waals surface area contributed by atoms with E-state index in [9.17, 15) is 4.79 Å². The molecule has 0 radical (unpaired) electrons. The van der Waals surface area contributed by atoms with Crippen LogP contribution in [0.5, 0.6) is 11.6 Å². The molecule has 4 rings (SSSR count). The molecule has 0 spiro atoms. The van der Waals surface area contributed by atoms with E-state index in [4.69, 9.17) is 9.47 Å². The van der Waals surface area contributed by atoms with Crippen molar-refractivity contribution in [3.8, 4) is 22.9 Å². The zero-order valence-corrected chi connectivity index (χ0v) is 19.3. The zero-order chi connectivity index (χ0) is 22.5. The van der Waals surface area contributed by atoms with Crippen LogP contribution in [0.25, 0.3) is 11.3 Å². The maximum atomic E-state index is 12.8. The number of amides is 1. The number of benzene rings is 2. The van der Waals surface area contributed by atoms with E-state index >= 15 is 0 Å². The molecule has 2 heterocycles. The average molecular weight is 451 g/mol. The van der Waals surface area contributed by atoms with E-state index in [2.05, 4.69) is 22.1 Å². The number of anilines is 1. The fourth-order valence-electron chi connectivity index (χ4n) is 3.53. The molecule has 1 aromatic heterocycles. The smallest absolute Gasteiger partial charge is 0.247 e. The van der Waals surface area contributed by atoms with Gasteiger partial charge in [-0.25, -0.2) is 0 Å². The lowest BCUT2D eigenvalue weighted by atomic mass is 10.1. The molecule has 166 valence electrons. The van der Waals surface area contributed by atoms with E-state index in [1.165, 1.54) is 6.92 Å². The minimum atomic E-state index is -0.698. The number of rotatable bonds is 7. The summed E-state index contributed by atoms with van der Waals surface area (Å²) >= 11 is 1.56. The molecule has 1 atom stereocenters. The molecule has 1 aliphatic heterocycles. The third-order valence-electron chi connectivity index (χ3n) is 5.06. The van der Waals surface area contributed by atoms with Crippen molar-refractivity contribution in [2.24, 2.45) is 0 Å². The third kappa shape index (κ3) is 4.55. The molecule has 3 aromatic rings. The summed E-state index contributed by atoms with van der Waals surface area (Å²) in [5.41, 5.74) is 2.81. The van der Waals surface area contributed by atoms with Gasteiger partial charge < -0.3 is 9.47 Å². The van der Waals surface area contributed by atoms with Crippen molar-refractivity contribution in [3.63, 3.8) is 0 Å². The molecule has 0 fully saturated rings. The van der Waals surface area contributed by atoms with Crippen LogP contribution >= 0.6 is 11.8 Å². The van der Waals surface area contributed by atoms with Gasteiger partial charge in [-0.05, 0) is 43.7 Å². The van der Waals surface area contributed by atoms with E-state index in [0.717, 1.165) is 35.5 Å². The van der Waals surface area contributed by atoms with Gasteiger partial charge in [0.15, 0.2) is 5.69 Å². The summed E-state index contributed by atoms with van der Waals surface area (Å²) in [5, 5.41) is 9.32. The van der Waals surface area contributed by atoms with Gasteiger partial charge in [-0.2, -0.15) is 4.98 Å². The Bertz CT molecular complexity index is 1090. The molecule has 0 N–H and O–H groups in total. The average Bonchev–Trinajstić information content (AvgIpc) is 2.94. The number of carbonyl (C=O) groups excluding carboxylic acids is 1. The first-order chi connectivity index (χ1) is 15.6. The second-order valence-corrected chi connectivity index (χ2v) is 8.39. The number of fused-ring (bicyclic) bond motifs is 3. The summed E-state index contributed by atoms with van der Waals surface area (Å²) in [7, 11) is 0. The normalized spacial score (nSPS) is 14.7. The van der Waals surface area contributed by atoms with Crippen molar-refractivity contribution < 1.29 is 14.3 Å². The fraction of sp³-hybridized carbons (Fsp3) is 0.333. The minimum absolute atomic E-state index is 0.144. The van der Waals surface area contributed by atoms with E-state index in [-0.39, 0.29) is 5.91 Å². The molecule has 0 aliphatic carbocycles. The van der Waals surface area contributed by atoms with Crippen molar-refractivity contribution in [1.29, 1.82) is 0 Å². The van der Waals surface area contributed by atoms with Gasteiger partial charge in [-0.1, -0.05) is 43.3 Å². The molecule has 1 aliphatic rings. The van der Waals surface area contributed by atoms with Gasteiger partial charge in [0.1, 0.15) is 5.75 Å². The van der Waals surface area contributed by atoms with Gasteiger partial charge in [-0.3, -0.25) is 9.69 Å². The van der Waals surface area contributed by atoms with Crippen LogP contribution in [0.15, 0.2) is 53.7 Å². The van der Waals surface area contributed by atoms with Crippen LogP contribution in [0.1, 0.15) is 45.4 Å². The van der Waals surface area contributed by atoms with Gasteiger partial charge in [0.2, 0.25) is 23.2 Å². The third-order valence-corrected chi connectivity index (χ3v) is 5.98. The van der Waals surface area contributed by atoms with Gasteiger partial charge in [-0.15, -0.1) is 10.2 Å². The number of aromatic nitrogens is 3. The van der Waals surface area contributed by atoms with Gasteiger partial charge in [0.25, 0.3) is 0 Å². The molecule has 1 unspecified atom stereocenters. The van der Waals surface area contributed by atoms with Gasteiger partial charge in [0.05, 0.1) is 12.3 Å². The fourth-order valence-corrected chi connectivity index (χ4v) is 4.40. The Morgan fingerprint density at radius 3 is 2.62 bits per heavy atom. The number of hydrogen-bond acceptors (Lipinski definition) is 7. The van der Waals surface area contributed by atoms with Crippen LogP contribution < -0.4 is 14.4 Å². The number of carbonyl (C=O) groups is 1. The standard InChI is InChI=1S/C24H26N4O3S/c1-4-6-15-32-24-25-22-21(26-27-24)19-9-7-8-10-20(19)28(16(3)29)23(31-22)17-11-13-18(14-12-17)30-5-2/h7-14,23H,4-6,15H2,1-3H3. The van der Waals surface area contributed by atoms with Crippen molar-refractivity contribution >= 4 is 23.4 Å². The number of nitrogens with zero attached hydrogens (tertiary/aromatic N) is 4. The van der Waals surface area contributed by atoms with Crippen molar-refractivity contribution in [2.75, 3.05) is 17.3 Å². The Morgan fingerprint density at radius 2 is 1.91 bits per heavy atom. The molecule has 7 nitrogen and oxygen atoms in total. The lowest BCUT2D eigenvalue weighted by Crippen LogP contribution is -2.36. The quantitative estimate of drug-likeness (QED) is 0.358. The maximum Gasteiger partial charge on any atom is 0.247 e. The second-order valence-electron chi connectivity index (χ2n) is 7.33. The number of para-hydroxylation sites is 1. The highest BCUT2D eigenvalue weighted by Crippen LogP contribution is 2.43. The molecule has 2 aromatic carbocycles. The lowest BCUT2D eigenvalue weighted by Gasteiger charge is -2.30. The van der Waals surface area contributed by atoms with Crippen molar-refractivity contribution in [2.45, 2.75) is 45.0 Å². The highest BCUT2D eigenvalue weighted by Gasteiger charge is 2.34. The second kappa shape index (κ2) is 9.99. The molecule has 1 amide bonds. The first-order valence-corrected chi connectivity index (χ1v) is 11.8. The Morgan fingerprint density at radius 1 is 1.12 bits per heavy atom. The largest absolute Gasteiger partial charge is 0.494 e. The molecule has 0 saturated carbocycles. The number of ether oxygens (including phenoxy) is 2. The topological polar surface area (TPSA) is 77.4 Å². The Labute approximate surface area is 192 Å². The van der Waals surface area contributed by atoms with E-state index < -0.39 is 6.23 Å². The van der Waals surface area contributed by atoms with Crippen molar-refractivity contribution in [1.82, 2.24) is 15.2 Å².